The number of rotatable bonds is 4. The fourth-order valence-electron chi connectivity index (χ4n) is 3.09. The van der Waals surface area contributed by atoms with Gasteiger partial charge in [0.1, 0.15) is 6.10 Å². The lowest BCUT2D eigenvalue weighted by Crippen LogP contribution is -2.51. The number of aliphatic hydroxyl groups is 1. The van der Waals surface area contributed by atoms with Gasteiger partial charge >= 0.3 is 0 Å². The highest BCUT2D eigenvalue weighted by Gasteiger charge is 2.34. The normalized spacial score (nSPS) is 32.4. The Balaban J connectivity index is 1.52. The highest BCUT2D eigenvalue weighted by atomic mass is 16.5. The van der Waals surface area contributed by atoms with Crippen molar-refractivity contribution in [3.63, 3.8) is 0 Å². The van der Waals surface area contributed by atoms with Crippen molar-refractivity contribution >= 4 is 0 Å². The summed E-state index contributed by atoms with van der Waals surface area (Å²) in [4.78, 5) is 2.47. The molecule has 0 amide bonds. The number of fused-ring (bicyclic) bond motifs is 3. The van der Waals surface area contributed by atoms with E-state index in [2.05, 4.69) is 4.90 Å². The molecule has 4 rings (SSSR count). The van der Waals surface area contributed by atoms with Crippen LogP contribution in [0.4, 0.5) is 0 Å². The zero-order valence-electron chi connectivity index (χ0n) is 10.7. The van der Waals surface area contributed by atoms with Crippen molar-refractivity contribution in [3.8, 4) is 0 Å². The molecule has 3 fully saturated rings. The molecule has 3 nitrogen and oxygen atoms in total. The molecule has 3 aliphatic heterocycles. The maximum absolute atomic E-state index is 10.1. The van der Waals surface area contributed by atoms with Crippen molar-refractivity contribution in [2.75, 3.05) is 26.2 Å². The molecule has 0 radical (unpaired) electrons. The molecule has 0 aromatic heterocycles. The lowest BCUT2D eigenvalue weighted by molar-refractivity contribution is -0.0919. The van der Waals surface area contributed by atoms with Crippen LogP contribution in [-0.2, 0) is 4.74 Å². The quantitative estimate of drug-likeness (QED) is 0.881. The lowest BCUT2D eigenvalue weighted by Gasteiger charge is -2.44. The summed E-state index contributed by atoms with van der Waals surface area (Å²) in [5.41, 5.74) is 0.943. The van der Waals surface area contributed by atoms with Gasteiger partial charge < -0.3 is 14.7 Å². The number of hydrogen-bond donors (Lipinski definition) is 1. The molecule has 0 unspecified atom stereocenters. The molecule has 1 N–H and O–H groups in total. The topological polar surface area (TPSA) is 32.7 Å². The van der Waals surface area contributed by atoms with E-state index in [1.165, 1.54) is 25.9 Å². The monoisotopic (exact) mass is 247 g/mol. The number of ether oxygens (including phenoxy) is 1. The molecule has 18 heavy (non-hydrogen) atoms. The molecule has 2 atom stereocenters. The summed E-state index contributed by atoms with van der Waals surface area (Å²) in [6.45, 7) is 3.92. The molecule has 3 aliphatic rings. The van der Waals surface area contributed by atoms with E-state index in [1.807, 2.05) is 30.3 Å². The van der Waals surface area contributed by atoms with Gasteiger partial charge in [0, 0.05) is 6.54 Å². The van der Waals surface area contributed by atoms with Gasteiger partial charge in [-0.3, -0.25) is 0 Å². The first-order valence-electron chi connectivity index (χ1n) is 6.90. The van der Waals surface area contributed by atoms with Crippen molar-refractivity contribution in [2.45, 2.75) is 25.0 Å². The number of benzene rings is 1. The van der Waals surface area contributed by atoms with Gasteiger partial charge in [-0.2, -0.15) is 0 Å². The molecule has 1 aromatic carbocycles. The second-order valence-electron chi connectivity index (χ2n) is 5.44. The largest absolute Gasteiger partial charge is 0.386 e. The Bertz CT molecular complexity index is 373. The van der Waals surface area contributed by atoms with Crippen LogP contribution in [0.15, 0.2) is 30.3 Å². The summed E-state index contributed by atoms with van der Waals surface area (Å²) in [5, 5.41) is 10.1. The molecular formula is C15H21NO2. The van der Waals surface area contributed by atoms with Crippen LogP contribution in [0.1, 0.15) is 24.5 Å². The first kappa shape index (κ1) is 12.2. The Kier molecular flexibility index (Phi) is 3.64. The molecule has 0 saturated carbocycles. The number of piperidine rings is 3. The highest BCUT2D eigenvalue weighted by molar-refractivity contribution is 5.17. The summed E-state index contributed by atoms with van der Waals surface area (Å²) in [5.74, 6) is 0.706. The van der Waals surface area contributed by atoms with E-state index in [9.17, 15) is 5.11 Å². The van der Waals surface area contributed by atoms with Crippen molar-refractivity contribution in [1.82, 2.24) is 4.90 Å². The molecule has 2 bridgehead atoms. The minimum Gasteiger partial charge on any atom is -0.386 e. The van der Waals surface area contributed by atoms with Crippen LogP contribution in [0, 0.1) is 5.92 Å². The van der Waals surface area contributed by atoms with Gasteiger partial charge in [0.05, 0.1) is 12.7 Å². The van der Waals surface area contributed by atoms with Crippen molar-refractivity contribution in [1.29, 1.82) is 0 Å². The summed E-state index contributed by atoms with van der Waals surface area (Å²) < 4.78 is 5.94. The van der Waals surface area contributed by atoms with Gasteiger partial charge in [-0.1, -0.05) is 30.3 Å². The van der Waals surface area contributed by atoms with Crippen molar-refractivity contribution in [2.24, 2.45) is 5.92 Å². The summed E-state index contributed by atoms with van der Waals surface area (Å²) in [6, 6.07) is 9.76. The van der Waals surface area contributed by atoms with Crippen LogP contribution in [0.3, 0.4) is 0 Å². The molecule has 98 valence electrons. The molecule has 0 spiro atoms. The molecular weight excluding hydrogens is 226 g/mol. The minimum atomic E-state index is -0.498. The van der Waals surface area contributed by atoms with E-state index < -0.39 is 6.10 Å². The Morgan fingerprint density at radius 2 is 1.94 bits per heavy atom. The van der Waals surface area contributed by atoms with Gasteiger partial charge in [0.15, 0.2) is 0 Å². The Morgan fingerprint density at radius 1 is 1.22 bits per heavy atom. The van der Waals surface area contributed by atoms with Crippen LogP contribution in [0.5, 0.6) is 0 Å². The van der Waals surface area contributed by atoms with E-state index in [-0.39, 0.29) is 0 Å². The maximum atomic E-state index is 10.1. The number of hydrogen-bond acceptors (Lipinski definition) is 3. The standard InChI is InChI=1S/C15H21NO2/c17-14(12-4-2-1-3-5-12)11-18-15-10-16-8-6-13(15)7-9-16/h1-5,13-15,17H,6-11H2/t14-,15-/m0/s1. The Labute approximate surface area is 108 Å². The van der Waals surface area contributed by atoms with Gasteiger partial charge in [-0.25, -0.2) is 0 Å². The Morgan fingerprint density at radius 3 is 2.56 bits per heavy atom. The van der Waals surface area contributed by atoms with Gasteiger partial charge in [0.25, 0.3) is 0 Å². The molecule has 3 saturated heterocycles. The van der Waals surface area contributed by atoms with Gasteiger partial charge in [0.2, 0.25) is 0 Å². The average Bonchev–Trinajstić information content (AvgIpc) is 2.47. The number of aliphatic hydroxyl groups excluding tert-OH is 1. The van der Waals surface area contributed by atoms with Gasteiger partial charge in [-0.05, 0) is 37.4 Å². The third kappa shape index (κ3) is 2.58. The SMILES string of the molecule is O[C@@H](CO[C@H]1CN2CCC1CC2)c1ccccc1. The fourth-order valence-corrected chi connectivity index (χ4v) is 3.09. The van der Waals surface area contributed by atoms with Crippen LogP contribution in [0.2, 0.25) is 0 Å². The Hall–Kier alpha value is -0.900. The maximum Gasteiger partial charge on any atom is 0.102 e. The van der Waals surface area contributed by atoms with Crippen LogP contribution in [0.25, 0.3) is 0 Å². The summed E-state index contributed by atoms with van der Waals surface area (Å²) in [7, 11) is 0. The zero-order valence-corrected chi connectivity index (χ0v) is 10.7. The van der Waals surface area contributed by atoms with E-state index in [1.54, 1.807) is 0 Å². The molecule has 0 aliphatic carbocycles. The van der Waals surface area contributed by atoms with Crippen LogP contribution < -0.4 is 0 Å². The highest BCUT2D eigenvalue weighted by Crippen LogP contribution is 2.30. The van der Waals surface area contributed by atoms with Crippen molar-refractivity contribution < 1.29 is 9.84 Å². The predicted molar refractivity (Wildman–Crippen MR) is 70.3 cm³/mol. The smallest absolute Gasteiger partial charge is 0.102 e. The third-order valence-electron chi connectivity index (χ3n) is 4.25. The summed E-state index contributed by atoms with van der Waals surface area (Å²) >= 11 is 0. The predicted octanol–water partition coefficient (Wildman–Crippen LogP) is 1.83. The number of nitrogens with zero attached hydrogens (tertiary/aromatic N) is 1. The zero-order chi connectivity index (χ0) is 12.4. The van der Waals surface area contributed by atoms with E-state index in [4.69, 9.17) is 4.74 Å². The minimum absolute atomic E-state index is 0.325. The summed E-state index contributed by atoms with van der Waals surface area (Å²) in [6.07, 6.45) is 2.34. The lowest BCUT2D eigenvalue weighted by atomic mass is 9.86. The third-order valence-corrected chi connectivity index (χ3v) is 4.25. The van der Waals surface area contributed by atoms with E-state index in [0.29, 0.717) is 18.6 Å². The van der Waals surface area contributed by atoms with E-state index >= 15 is 0 Å². The van der Waals surface area contributed by atoms with E-state index in [0.717, 1.165) is 12.1 Å². The second-order valence-corrected chi connectivity index (χ2v) is 5.44. The van der Waals surface area contributed by atoms with Crippen LogP contribution in [-0.4, -0.2) is 42.4 Å². The first-order valence-corrected chi connectivity index (χ1v) is 6.90. The average molecular weight is 247 g/mol. The van der Waals surface area contributed by atoms with Gasteiger partial charge in [-0.15, -0.1) is 0 Å². The molecule has 3 heteroatoms. The van der Waals surface area contributed by atoms with Crippen molar-refractivity contribution in [3.05, 3.63) is 35.9 Å². The molecule has 3 heterocycles. The second kappa shape index (κ2) is 5.39. The molecule has 1 aromatic rings. The fraction of sp³-hybridized carbons (Fsp3) is 0.600. The first-order chi connectivity index (χ1) is 8.83. The van der Waals surface area contributed by atoms with Crippen LogP contribution >= 0.6 is 0 Å².